The summed E-state index contributed by atoms with van der Waals surface area (Å²) in [5.41, 5.74) is 3.30. The first-order chi connectivity index (χ1) is 13.7. The van der Waals surface area contributed by atoms with Crippen LogP contribution in [0.5, 0.6) is 0 Å². The van der Waals surface area contributed by atoms with E-state index in [1.54, 1.807) is 12.4 Å². The third kappa shape index (κ3) is 4.07. The third-order valence-corrected chi connectivity index (χ3v) is 5.40. The summed E-state index contributed by atoms with van der Waals surface area (Å²) in [5.74, 6) is 1.38. The zero-order valence-electron chi connectivity index (χ0n) is 16.2. The van der Waals surface area contributed by atoms with Crippen molar-refractivity contribution in [2.24, 2.45) is 5.92 Å². The Morgan fingerprint density at radius 2 is 2.04 bits per heavy atom. The maximum atomic E-state index is 12.6. The average molecular weight is 378 g/mol. The molecule has 1 aromatic carbocycles. The Morgan fingerprint density at radius 1 is 1.21 bits per heavy atom. The minimum absolute atomic E-state index is 0.0610. The monoisotopic (exact) mass is 378 g/mol. The number of fused-ring (bicyclic) bond motifs is 1. The first-order valence-electron chi connectivity index (χ1n) is 9.94. The molecular weight excluding hydrogens is 352 g/mol. The quantitative estimate of drug-likeness (QED) is 0.686. The van der Waals surface area contributed by atoms with Gasteiger partial charge in [0.2, 0.25) is 5.91 Å². The van der Waals surface area contributed by atoms with Crippen molar-refractivity contribution in [1.29, 1.82) is 0 Å². The summed E-state index contributed by atoms with van der Waals surface area (Å²) in [6.07, 6.45) is 5.78. The highest BCUT2D eigenvalue weighted by Gasteiger charge is 2.29. The standard InChI is InChI=1S/C22H26N4O2/c1-2-21-24-18-5-3-4-6-20(18)26(21)12-9-22(27)25-19-15-28-14-17(19)13-16-7-10-23-11-8-16/h3-8,10-11,17,19H,2,9,12-15H2,1H3,(H,25,27)/t17-,19+/m1/s1. The van der Waals surface area contributed by atoms with Gasteiger partial charge in [0.15, 0.2) is 0 Å². The molecule has 0 aliphatic carbocycles. The number of ether oxygens (including phenoxy) is 1. The lowest BCUT2D eigenvalue weighted by Gasteiger charge is -2.19. The lowest BCUT2D eigenvalue weighted by molar-refractivity contribution is -0.122. The summed E-state index contributed by atoms with van der Waals surface area (Å²) in [4.78, 5) is 21.4. The lowest BCUT2D eigenvalue weighted by atomic mass is 9.95. The second kappa shape index (κ2) is 8.52. The van der Waals surface area contributed by atoms with E-state index in [1.165, 1.54) is 5.56 Å². The van der Waals surface area contributed by atoms with Crippen LogP contribution in [0, 0.1) is 5.92 Å². The summed E-state index contributed by atoms with van der Waals surface area (Å²) < 4.78 is 7.80. The molecule has 0 bridgehead atoms. The number of para-hydroxylation sites is 2. The van der Waals surface area contributed by atoms with Crippen LogP contribution in [-0.4, -0.2) is 39.7 Å². The molecule has 1 aliphatic heterocycles. The Hall–Kier alpha value is -2.73. The molecule has 2 atom stereocenters. The fourth-order valence-corrected chi connectivity index (χ4v) is 3.92. The zero-order chi connectivity index (χ0) is 19.3. The van der Waals surface area contributed by atoms with E-state index in [9.17, 15) is 4.79 Å². The maximum Gasteiger partial charge on any atom is 0.222 e. The van der Waals surface area contributed by atoms with Gasteiger partial charge in [-0.1, -0.05) is 19.1 Å². The van der Waals surface area contributed by atoms with E-state index in [0.717, 1.165) is 29.7 Å². The molecule has 28 heavy (non-hydrogen) atoms. The number of imidazole rings is 1. The van der Waals surface area contributed by atoms with E-state index in [4.69, 9.17) is 4.74 Å². The Labute approximate surface area is 164 Å². The maximum absolute atomic E-state index is 12.6. The predicted octanol–water partition coefficient (Wildman–Crippen LogP) is 2.76. The van der Waals surface area contributed by atoms with Gasteiger partial charge in [0.1, 0.15) is 5.82 Å². The van der Waals surface area contributed by atoms with Gasteiger partial charge in [0, 0.05) is 37.7 Å². The summed E-state index contributed by atoms with van der Waals surface area (Å²) in [6.45, 7) is 3.99. The fraction of sp³-hybridized carbons (Fsp3) is 0.409. The second-order valence-electron chi connectivity index (χ2n) is 7.30. The van der Waals surface area contributed by atoms with E-state index in [0.29, 0.717) is 32.1 Å². The molecule has 1 N–H and O–H groups in total. The van der Waals surface area contributed by atoms with Crippen LogP contribution in [0.4, 0.5) is 0 Å². The van der Waals surface area contributed by atoms with Crippen LogP contribution in [-0.2, 0) is 28.9 Å². The van der Waals surface area contributed by atoms with Crippen LogP contribution in [0.15, 0.2) is 48.8 Å². The SMILES string of the molecule is CCc1nc2ccccc2n1CCC(=O)N[C@H]1COC[C@H]1Cc1ccncc1. The summed E-state index contributed by atoms with van der Waals surface area (Å²) in [6, 6.07) is 12.2. The fourth-order valence-electron chi connectivity index (χ4n) is 3.92. The van der Waals surface area contributed by atoms with Gasteiger partial charge in [-0.25, -0.2) is 4.98 Å². The van der Waals surface area contributed by atoms with E-state index in [2.05, 4.69) is 32.8 Å². The number of nitrogens with one attached hydrogen (secondary N) is 1. The number of hydrogen-bond donors (Lipinski definition) is 1. The Kier molecular flexibility index (Phi) is 5.67. The summed E-state index contributed by atoms with van der Waals surface area (Å²) in [5, 5.41) is 3.18. The molecule has 0 unspecified atom stereocenters. The number of rotatable bonds is 7. The smallest absolute Gasteiger partial charge is 0.222 e. The first kappa shape index (κ1) is 18.6. The van der Waals surface area contributed by atoms with Crippen molar-refractivity contribution in [3.63, 3.8) is 0 Å². The van der Waals surface area contributed by atoms with Crippen LogP contribution in [0.25, 0.3) is 11.0 Å². The number of aromatic nitrogens is 3. The van der Waals surface area contributed by atoms with Crippen molar-refractivity contribution in [1.82, 2.24) is 19.9 Å². The largest absolute Gasteiger partial charge is 0.379 e. The van der Waals surface area contributed by atoms with Crippen molar-refractivity contribution >= 4 is 16.9 Å². The number of hydrogen-bond acceptors (Lipinski definition) is 4. The van der Waals surface area contributed by atoms with Gasteiger partial charge >= 0.3 is 0 Å². The van der Waals surface area contributed by atoms with Crippen molar-refractivity contribution in [3.05, 3.63) is 60.2 Å². The molecule has 3 aromatic rings. The molecule has 4 rings (SSSR count). The molecule has 1 aliphatic rings. The topological polar surface area (TPSA) is 69.0 Å². The van der Waals surface area contributed by atoms with Crippen LogP contribution in [0.3, 0.4) is 0 Å². The summed E-state index contributed by atoms with van der Waals surface area (Å²) >= 11 is 0. The molecule has 3 heterocycles. The summed E-state index contributed by atoms with van der Waals surface area (Å²) in [7, 11) is 0. The molecule has 2 aromatic heterocycles. The average Bonchev–Trinajstić information content (AvgIpc) is 3.31. The minimum atomic E-state index is 0.0610. The van der Waals surface area contributed by atoms with Crippen molar-refractivity contribution in [3.8, 4) is 0 Å². The van der Waals surface area contributed by atoms with Crippen LogP contribution in [0.1, 0.15) is 24.7 Å². The predicted molar refractivity (Wildman–Crippen MR) is 108 cm³/mol. The molecular formula is C22H26N4O2. The van der Waals surface area contributed by atoms with Gasteiger partial charge in [0.25, 0.3) is 0 Å². The molecule has 6 heteroatoms. The third-order valence-electron chi connectivity index (χ3n) is 5.40. The zero-order valence-corrected chi connectivity index (χ0v) is 16.2. The van der Waals surface area contributed by atoms with Crippen LogP contribution < -0.4 is 5.32 Å². The van der Waals surface area contributed by atoms with Gasteiger partial charge in [-0.15, -0.1) is 0 Å². The number of amides is 1. The van der Waals surface area contributed by atoms with Crippen LogP contribution in [0.2, 0.25) is 0 Å². The molecule has 0 radical (unpaired) electrons. The number of benzene rings is 1. The van der Waals surface area contributed by atoms with E-state index >= 15 is 0 Å². The van der Waals surface area contributed by atoms with Gasteiger partial charge in [-0.3, -0.25) is 9.78 Å². The molecule has 1 fully saturated rings. The highest BCUT2D eigenvalue weighted by atomic mass is 16.5. The normalized spacial score (nSPS) is 19.2. The molecule has 146 valence electrons. The Morgan fingerprint density at radius 3 is 2.86 bits per heavy atom. The number of pyridine rings is 1. The van der Waals surface area contributed by atoms with Crippen LogP contribution >= 0.6 is 0 Å². The minimum Gasteiger partial charge on any atom is -0.379 e. The van der Waals surface area contributed by atoms with Crippen molar-refractivity contribution in [2.45, 2.75) is 38.8 Å². The highest BCUT2D eigenvalue weighted by Crippen LogP contribution is 2.20. The molecule has 6 nitrogen and oxygen atoms in total. The van der Waals surface area contributed by atoms with Crippen molar-refractivity contribution in [2.75, 3.05) is 13.2 Å². The second-order valence-corrected chi connectivity index (χ2v) is 7.30. The molecule has 1 amide bonds. The first-order valence-corrected chi connectivity index (χ1v) is 9.94. The number of carbonyl (C=O) groups excluding carboxylic acids is 1. The molecule has 0 spiro atoms. The lowest BCUT2D eigenvalue weighted by Crippen LogP contribution is -2.40. The Bertz CT molecular complexity index is 938. The molecule has 1 saturated heterocycles. The Balaban J connectivity index is 1.37. The van der Waals surface area contributed by atoms with Gasteiger partial charge in [0.05, 0.1) is 30.3 Å². The van der Waals surface area contributed by atoms with Gasteiger partial charge < -0.3 is 14.6 Å². The van der Waals surface area contributed by atoms with Gasteiger partial charge in [-0.05, 0) is 36.2 Å². The van der Waals surface area contributed by atoms with E-state index in [-0.39, 0.29) is 11.9 Å². The van der Waals surface area contributed by atoms with Crippen molar-refractivity contribution < 1.29 is 9.53 Å². The number of nitrogens with zero attached hydrogens (tertiary/aromatic N) is 3. The van der Waals surface area contributed by atoms with E-state index < -0.39 is 0 Å². The number of carbonyl (C=O) groups is 1. The number of aryl methyl sites for hydroxylation is 2. The molecule has 0 saturated carbocycles. The van der Waals surface area contributed by atoms with E-state index in [1.807, 2.05) is 30.3 Å². The van der Waals surface area contributed by atoms with Gasteiger partial charge in [-0.2, -0.15) is 0 Å². The highest BCUT2D eigenvalue weighted by molar-refractivity contribution is 5.78.